The first-order valence-corrected chi connectivity index (χ1v) is 6.79. The summed E-state index contributed by atoms with van der Waals surface area (Å²) in [7, 11) is 0. The molecule has 0 unspecified atom stereocenters. The Morgan fingerprint density at radius 1 is 1.42 bits per heavy atom. The van der Waals surface area contributed by atoms with E-state index in [0.717, 1.165) is 18.8 Å². The van der Waals surface area contributed by atoms with Crippen LogP contribution in [0.4, 0.5) is 0 Å². The third-order valence-electron chi connectivity index (χ3n) is 3.83. The number of nitrogens with one attached hydrogen (secondary N) is 1. The molecule has 0 saturated heterocycles. The molecule has 3 rings (SSSR count). The summed E-state index contributed by atoms with van der Waals surface area (Å²) in [5.74, 6) is 1.01. The topological polar surface area (TPSA) is 50.1 Å². The van der Waals surface area contributed by atoms with E-state index in [1.807, 2.05) is 24.5 Å². The van der Waals surface area contributed by atoms with Crippen LogP contribution in [0.1, 0.15) is 29.9 Å². The van der Waals surface area contributed by atoms with Crippen molar-refractivity contribution in [3.8, 4) is 0 Å². The van der Waals surface area contributed by atoms with Gasteiger partial charge in [-0.2, -0.15) is 0 Å². The SMILES string of the molecule is CCn1ccnc1CN[C@@H]1c2ccccc2C[C@@H]1O. The summed E-state index contributed by atoms with van der Waals surface area (Å²) in [6.45, 7) is 3.70. The van der Waals surface area contributed by atoms with Crippen molar-refractivity contribution in [2.75, 3.05) is 0 Å². The molecule has 19 heavy (non-hydrogen) atoms. The second-order valence-corrected chi connectivity index (χ2v) is 4.96. The minimum absolute atomic E-state index is 0.0122. The first kappa shape index (κ1) is 12.4. The molecular weight excluding hydrogens is 238 g/mol. The molecule has 0 spiro atoms. The smallest absolute Gasteiger partial charge is 0.122 e. The van der Waals surface area contributed by atoms with Crippen LogP contribution in [0.25, 0.3) is 0 Å². The Morgan fingerprint density at radius 2 is 2.26 bits per heavy atom. The van der Waals surface area contributed by atoms with Crippen LogP contribution in [0.3, 0.4) is 0 Å². The maximum absolute atomic E-state index is 10.2. The van der Waals surface area contributed by atoms with Crippen molar-refractivity contribution in [3.63, 3.8) is 0 Å². The summed E-state index contributed by atoms with van der Waals surface area (Å²) in [5, 5.41) is 13.6. The summed E-state index contributed by atoms with van der Waals surface area (Å²) < 4.78 is 2.11. The number of benzene rings is 1. The van der Waals surface area contributed by atoms with E-state index in [9.17, 15) is 5.11 Å². The van der Waals surface area contributed by atoms with Crippen LogP contribution in [0.15, 0.2) is 36.7 Å². The molecule has 2 aromatic rings. The maximum atomic E-state index is 10.2. The average molecular weight is 257 g/mol. The highest BCUT2D eigenvalue weighted by Crippen LogP contribution is 2.31. The third-order valence-corrected chi connectivity index (χ3v) is 3.83. The van der Waals surface area contributed by atoms with Gasteiger partial charge in [-0.15, -0.1) is 0 Å². The Hall–Kier alpha value is -1.65. The number of aliphatic hydroxyl groups is 1. The van der Waals surface area contributed by atoms with E-state index < -0.39 is 0 Å². The van der Waals surface area contributed by atoms with Gasteiger partial charge in [-0.05, 0) is 18.1 Å². The van der Waals surface area contributed by atoms with E-state index >= 15 is 0 Å². The fraction of sp³-hybridized carbons (Fsp3) is 0.400. The zero-order valence-corrected chi connectivity index (χ0v) is 11.1. The normalized spacial score (nSPS) is 21.6. The van der Waals surface area contributed by atoms with Gasteiger partial charge in [0.15, 0.2) is 0 Å². The number of aliphatic hydroxyl groups excluding tert-OH is 1. The second kappa shape index (κ2) is 5.15. The quantitative estimate of drug-likeness (QED) is 0.875. The molecule has 0 saturated carbocycles. The Kier molecular flexibility index (Phi) is 3.36. The zero-order valence-electron chi connectivity index (χ0n) is 11.1. The number of imidazole rings is 1. The highest BCUT2D eigenvalue weighted by molar-refractivity contribution is 5.36. The predicted octanol–water partition coefficient (Wildman–Crippen LogP) is 1.65. The molecule has 0 amide bonds. The largest absolute Gasteiger partial charge is 0.391 e. The molecule has 1 aromatic carbocycles. The van der Waals surface area contributed by atoms with Crippen molar-refractivity contribution < 1.29 is 5.11 Å². The molecule has 4 heteroatoms. The monoisotopic (exact) mass is 257 g/mol. The standard InChI is InChI=1S/C15H19N3O/c1-2-18-8-7-16-14(18)10-17-15-12-6-4-3-5-11(12)9-13(15)19/h3-8,13,15,17,19H,2,9-10H2,1H3/t13-,15+/m0/s1. The van der Waals surface area contributed by atoms with E-state index in [4.69, 9.17) is 0 Å². The molecular formula is C15H19N3O. The summed E-state index contributed by atoms with van der Waals surface area (Å²) in [5.41, 5.74) is 2.45. The molecule has 4 nitrogen and oxygen atoms in total. The Morgan fingerprint density at radius 3 is 3.11 bits per heavy atom. The Labute approximate surface area is 113 Å². The van der Waals surface area contributed by atoms with Crippen molar-refractivity contribution in [1.82, 2.24) is 14.9 Å². The van der Waals surface area contributed by atoms with E-state index in [-0.39, 0.29) is 12.1 Å². The molecule has 0 aliphatic heterocycles. The molecule has 2 atom stereocenters. The number of rotatable bonds is 4. The van der Waals surface area contributed by atoms with Gasteiger partial charge >= 0.3 is 0 Å². The van der Waals surface area contributed by atoms with E-state index in [1.54, 1.807) is 0 Å². The summed E-state index contributed by atoms with van der Waals surface area (Å²) in [6.07, 6.45) is 4.19. The van der Waals surface area contributed by atoms with Crippen LogP contribution >= 0.6 is 0 Å². The Bertz CT molecular complexity index is 564. The number of nitrogens with zero attached hydrogens (tertiary/aromatic N) is 2. The van der Waals surface area contributed by atoms with Gasteiger partial charge in [0.2, 0.25) is 0 Å². The van der Waals surface area contributed by atoms with Crippen LogP contribution < -0.4 is 5.32 Å². The molecule has 100 valence electrons. The van der Waals surface area contributed by atoms with Gasteiger partial charge in [0, 0.05) is 25.4 Å². The molecule has 2 N–H and O–H groups in total. The summed E-state index contributed by atoms with van der Waals surface area (Å²) >= 11 is 0. The van der Waals surface area contributed by atoms with Gasteiger partial charge in [0.25, 0.3) is 0 Å². The molecule has 1 aromatic heterocycles. The lowest BCUT2D eigenvalue weighted by atomic mass is 10.1. The lowest BCUT2D eigenvalue weighted by molar-refractivity contribution is 0.140. The number of aromatic nitrogens is 2. The van der Waals surface area contributed by atoms with E-state index in [2.05, 4.69) is 33.9 Å². The number of hydrogen-bond donors (Lipinski definition) is 2. The Balaban J connectivity index is 1.74. The minimum atomic E-state index is -0.345. The van der Waals surface area contributed by atoms with Crippen LogP contribution in [0.2, 0.25) is 0 Å². The fourth-order valence-electron chi connectivity index (χ4n) is 2.82. The highest BCUT2D eigenvalue weighted by Gasteiger charge is 2.30. The van der Waals surface area contributed by atoms with Gasteiger partial charge in [-0.1, -0.05) is 24.3 Å². The van der Waals surface area contributed by atoms with E-state index in [1.165, 1.54) is 11.1 Å². The van der Waals surface area contributed by atoms with Crippen LogP contribution in [0.5, 0.6) is 0 Å². The van der Waals surface area contributed by atoms with Gasteiger partial charge in [-0.3, -0.25) is 0 Å². The molecule has 0 fully saturated rings. The van der Waals surface area contributed by atoms with Crippen LogP contribution in [-0.2, 0) is 19.5 Å². The molecule has 1 aliphatic rings. The van der Waals surface area contributed by atoms with Gasteiger partial charge in [-0.25, -0.2) is 4.98 Å². The summed E-state index contributed by atoms with van der Waals surface area (Å²) in [6, 6.07) is 8.25. The minimum Gasteiger partial charge on any atom is -0.391 e. The van der Waals surface area contributed by atoms with Crippen LogP contribution in [-0.4, -0.2) is 20.8 Å². The number of fused-ring (bicyclic) bond motifs is 1. The van der Waals surface area contributed by atoms with Gasteiger partial charge < -0.3 is 15.0 Å². The lowest BCUT2D eigenvalue weighted by Crippen LogP contribution is -2.29. The van der Waals surface area contributed by atoms with Crippen molar-refractivity contribution in [3.05, 3.63) is 53.6 Å². The maximum Gasteiger partial charge on any atom is 0.122 e. The van der Waals surface area contributed by atoms with Crippen LogP contribution in [0, 0.1) is 0 Å². The fourth-order valence-corrected chi connectivity index (χ4v) is 2.82. The van der Waals surface area contributed by atoms with Gasteiger partial charge in [0.1, 0.15) is 5.82 Å². The van der Waals surface area contributed by atoms with Crippen molar-refractivity contribution in [2.24, 2.45) is 0 Å². The zero-order chi connectivity index (χ0) is 13.2. The predicted molar refractivity (Wildman–Crippen MR) is 73.6 cm³/mol. The molecule has 1 heterocycles. The molecule has 1 aliphatic carbocycles. The first-order valence-electron chi connectivity index (χ1n) is 6.79. The van der Waals surface area contributed by atoms with Crippen molar-refractivity contribution >= 4 is 0 Å². The average Bonchev–Trinajstić information content (AvgIpc) is 2.99. The number of aryl methyl sites for hydroxylation is 1. The lowest BCUT2D eigenvalue weighted by Gasteiger charge is -2.18. The van der Waals surface area contributed by atoms with Crippen molar-refractivity contribution in [1.29, 1.82) is 0 Å². The molecule has 0 radical (unpaired) electrons. The third kappa shape index (κ3) is 2.29. The van der Waals surface area contributed by atoms with E-state index in [0.29, 0.717) is 6.54 Å². The first-order chi connectivity index (χ1) is 9.29. The second-order valence-electron chi connectivity index (χ2n) is 4.96. The van der Waals surface area contributed by atoms with Gasteiger partial charge in [0.05, 0.1) is 18.7 Å². The highest BCUT2D eigenvalue weighted by atomic mass is 16.3. The molecule has 0 bridgehead atoms. The summed E-state index contributed by atoms with van der Waals surface area (Å²) in [4.78, 5) is 4.35. The number of hydrogen-bond acceptors (Lipinski definition) is 3. The van der Waals surface area contributed by atoms with Crippen molar-refractivity contribution in [2.45, 2.75) is 38.6 Å².